The van der Waals surface area contributed by atoms with E-state index >= 15 is 0 Å². The molecular weight excluding hydrogens is 440 g/mol. The zero-order valence-electron chi connectivity index (χ0n) is 18.6. The summed E-state index contributed by atoms with van der Waals surface area (Å²) in [5.41, 5.74) is 1.37. The van der Waals surface area contributed by atoms with Gasteiger partial charge < -0.3 is 4.74 Å². The minimum absolute atomic E-state index is 0.0330. The molecule has 2 aromatic carbocycles. The van der Waals surface area contributed by atoms with E-state index in [0.717, 1.165) is 41.6 Å². The summed E-state index contributed by atoms with van der Waals surface area (Å²) in [7, 11) is 1.64. The highest BCUT2D eigenvalue weighted by Crippen LogP contribution is 2.39. The van der Waals surface area contributed by atoms with E-state index in [2.05, 4.69) is 21.7 Å². The molecule has 1 heterocycles. The number of methoxy groups -OCH3 is 1. The number of nitrogens with zero attached hydrogens (tertiary/aromatic N) is 4. The molecule has 0 spiro atoms. The molecule has 33 heavy (non-hydrogen) atoms. The Balaban J connectivity index is 1.59. The van der Waals surface area contributed by atoms with Crippen LogP contribution in [0.25, 0.3) is 11.4 Å². The summed E-state index contributed by atoms with van der Waals surface area (Å²) in [6.45, 7) is 2.26. The van der Waals surface area contributed by atoms with Crippen LogP contribution in [0.3, 0.4) is 0 Å². The quantitative estimate of drug-likeness (QED) is 0.185. The molecule has 8 nitrogen and oxygen atoms in total. The van der Waals surface area contributed by atoms with Crippen LogP contribution in [-0.2, 0) is 0 Å². The summed E-state index contributed by atoms with van der Waals surface area (Å²) in [5.74, 6) is 2.13. The highest BCUT2D eigenvalue weighted by atomic mass is 32.2. The molecule has 0 aliphatic heterocycles. The predicted molar refractivity (Wildman–Crippen MR) is 127 cm³/mol. The van der Waals surface area contributed by atoms with Gasteiger partial charge in [0.15, 0.2) is 16.8 Å². The summed E-state index contributed by atoms with van der Waals surface area (Å²) in [5, 5.41) is 20.5. The number of ketones is 1. The first-order valence-corrected chi connectivity index (χ1v) is 12.0. The molecule has 0 radical (unpaired) electrons. The molecule has 0 unspecified atom stereocenters. The molecule has 1 fully saturated rings. The topological polar surface area (TPSA) is 100 Å². The van der Waals surface area contributed by atoms with Crippen molar-refractivity contribution in [3.63, 3.8) is 0 Å². The van der Waals surface area contributed by atoms with E-state index in [-0.39, 0.29) is 23.3 Å². The molecule has 0 amide bonds. The number of rotatable bonds is 8. The van der Waals surface area contributed by atoms with Crippen molar-refractivity contribution in [2.75, 3.05) is 12.9 Å². The van der Waals surface area contributed by atoms with Crippen LogP contribution >= 0.6 is 11.8 Å². The molecular formula is C24H26N4O4S. The van der Waals surface area contributed by atoms with Gasteiger partial charge in [0, 0.05) is 29.3 Å². The van der Waals surface area contributed by atoms with Crippen LogP contribution in [0.15, 0.2) is 53.7 Å². The van der Waals surface area contributed by atoms with Crippen LogP contribution in [0.4, 0.5) is 5.69 Å². The number of carbonyl (C=O) groups is 1. The lowest BCUT2D eigenvalue weighted by Crippen LogP contribution is -2.22. The number of carbonyl (C=O) groups excluding carboxylic acids is 1. The van der Waals surface area contributed by atoms with Gasteiger partial charge in [-0.1, -0.05) is 31.5 Å². The number of nitro groups is 1. The fraction of sp³-hybridized carbons (Fsp3) is 0.375. The first kappa shape index (κ1) is 23.0. The van der Waals surface area contributed by atoms with E-state index in [1.807, 2.05) is 24.3 Å². The highest BCUT2D eigenvalue weighted by molar-refractivity contribution is 7.99. The third-order valence-corrected chi connectivity index (χ3v) is 7.09. The Morgan fingerprint density at radius 2 is 1.82 bits per heavy atom. The van der Waals surface area contributed by atoms with Crippen LogP contribution in [0.5, 0.6) is 5.75 Å². The Bertz CT molecular complexity index is 1130. The number of aromatic nitrogens is 3. The van der Waals surface area contributed by atoms with Crippen molar-refractivity contribution in [2.45, 2.75) is 43.8 Å². The Hall–Kier alpha value is -3.20. The molecule has 9 heteroatoms. The second kappa shape index (κ2) is 10.2. The number of hydrogen-bond acceptors (Lipinski definition) is 7. The summed E-state index contributed by atoms with van der Waals surface area (Å²) < 4.78 is 7.47. The van der Waals surface area contributed by atoms with Gasteiger partial charge in [-0.15, -0.1) is 10.2 Å². The Morgan fingerprint density at radius 3 is 2.45 bits per heavy atom. The van der Waals surface area contributed by atoms with Gasteiger partial charge in [-0.25, -0.2) is 0 Å². The third-order valence-electron chi connectivity index (χ3n) is 6.14. The molecule has 1 aromatic heterocycles. The highest BCUT2D eigenvalue weighted by Gasteiger charge is 2.29. The molecule has 0 N–H and O–H groups in total. The maximum Gasteiger partial charge on any atom is 0.269 e. The Labute approximate surface area is 196 Å². The van der Waals surface area contributed by atoms with Gasteiger partial charge in [0.05, 0.1) is 17.8 Å². The molecule has 1 aliphatic carbocycles. The average molecular weight is 467 g/mol. The zero-order valence-corrected chi connectivity index (χ0v) is 19.5. The van der Waals surface area contributed by atoms with Crippen LogP contribution in [-0.4, -0.2) is 38.3 Å². The van der Waals surface area contributed by atoms with Crippen molar-refractivity contribution < 1.29 is 14.5 Å². The molecule has 1 saturated carbocycles. The van der Waals surface area contributed by atoms with Gasteiger partial charge in [-0.3, -0.25) is 19.5 Å². The number of non-ortho nitro benzene ring substituents is 1. The monoisotopic (exact) mass is 466 g/mol. The maximum atomic E-state index is 12.7. The largest absolute Gasteiger partial charge is 0.497 e. The fourth-order valence-electron chi connectivity index (χ4n) is 4.27. The van der Waals surface area contributed by atoms with Gasteiger partial charge in [-0.05, 0) is 55.2 Å². The van der Waals surface area contributed by atoms with E-state index < -0.39 is 4.92 Å². The van der Waals surface area contributed by atoms with Gasteiger partial charge in [0.25, 0.3) is 5.69 Å². The van der Waals surface area contributed by atoms with E-state index in [1.165, 1.54) is 42.4 Å². The second-order valence-electron chi connectivity index (χ2n) is 8.25. The number of nitro benzene ring substituents is 1. The molecule has 2 atom stereocenters. The molecule has 0 saturated heterocycles. The maximum absolute atomic E-state index is 12.7. The number of Topliss-reactive ketones (excluding diaryl/α,β-unsaturated/α-hetero) is 1. The minimum Gasteiger partial charge on any atom is -0.497 e. The molecule has 172 valence electrons. The lowest BCUT2D eigenvalue weighted by Gasteiger charge is -2.31. The first-order chi connectivity index (χ1) is 16.0. The lowest BCUT2D eigenvalue weighted by molar-refractivity contribution is -0.384. The zero-order chi connectivity index (χ0) is 23.4. The van der Waals surface area contributed by atoms with Crippen LogP contribution in [0.1, 0.15) is 49.0 Å². The van der Waals surface area contributed by atoms with Gasteiger partial charge in [0.1, 0.15) is 5.75 Å². The van der Waals surface area contributed by atoms with Crippen molar-refractivity contribution in [1.82, 2.24) is 14.8 Å². The fourth-order valence-corrected chi connectivity index (χ4v) is 5.16. The number of thioether (sulfide) groups is 1. The predicted octanol–water partition coefficient (Wildman–Crippen LogP) is 5.59. The number of benzene rings is 2. The van der Waals surface area contributed by atoms with E-state index in [0.29, 0.717) is 11.5 Å². The van der Waals surface area contributed by atoms with E-state index in [4.69, 9.17) is 4.74 Å². The van der Waals surface area contributed by atoms with Crippen LogP contribution in [0.2, 0.25) is 0 Å². The van der Waals surface area contributed by atoms with Crippen molar-refractivity contribution in [3.8, 4) is 17.1 Å². The number of ether oxygens (including phenoxy) is 1. The summed E-state index contributed by atoms with van der Waals surface area (Å²) >= 11 is 1.36. The van der Waals surface area contributed by atoms with E-state index in [1.54, 1.807) is 7.11 Å². The SMILES string of the molecule is COc1ccc(-c2nnc(SCC(=O)c3ccc([N+](=O)[O-])cc3)n2[C@@H]2CCCC[C@@H]2C)cc1. The molecule has 3 aromatic rings. The molecule has 1 aliphatic rings. The third kappa shape index (κ3) is 5.08. The molecule has 4 rings (SSSR count). The summed E-state index contributed by atoms with van der Waals surface area (Å²) in [4.78, 5) is 23.1. The van der Waals surface area contributed by atoms with Crippen molar-refractivity contribution >= 4 is 23.2 Å². The van der Waals surface area contributed by atoms with Crippen molar-refractivity contribution in [3.05, 3.63) is 64.2 Å². The van der Waals surface area contributed by atoms with Crippen molar-refractivity contribution in [1.29, 1.82) is 0 Å². The van der Waals surface area contributed by atoms with Crippen LogP contribution in [0, 0.1) is 16.0 Å². The second-order valence-corrected chi connectivity index (χ2v) is 9.19. The number of hydrogen-bond donors (Lipinski definition) is 0. The average Bonchev–Trinajstić information content (AvgIpc) is 3.26. The Kier molecular flexibility index (Phi) is 7.08. The van der Waals surface area contributed by atoms with Crippen molar-refractivity contribution in [2.24, 2.45) is 5.92 Å². The van der Waals surface area contributed by atoms with Crippen LogP contribution < -0.4 is 4.74 Å². The summed E-state index contributed by atoms with van der Waals surface area (Å²) in [6, 6.07) is 13.7. The van der Waals surface area contributed by atoms with Gasteiger partial charge in [-0.2, -0.15) is 0 Å². The standard InChI is InChI=1S/C24H26N4O4S/c1-16-5-3-4-6-21(16)27-23(18-9-13-20(32-2)14-10-18)25-26-24(27)33-15-22(29)17-7-11-19(12-8-17)28(30)31/h7-14,16,21H,3-6,15H2,1-2H3/t16-,21+/m0/s1. The Morgan fingerprint density at radius 1 is 1.12 bits per heavy atom. The smallest absolute Gasteiger partial charge is 0.269 e. The normalized spacial score (nSPS) is 18.1. The lowest BCUT2D eigenvalue weighted by atomic mass is 9.85. The van der Waals surface area contributed by atoms with Gasteiger partial charge in [0.2, 0.25) is 0 Å². The van der Waals surface area contributed by atoms with E-state index in [9.17, 15) is 14.9 Å². The molecule has 0 bridgehead atoms. The van der Waals surface area contributed by atoms with Gasteiger partial charge >= 0.3 is 0 Å². The minimum atomic E-state index is -0.475. The first-order valence-electron chi connectivity index (χ1n) is 11.0. The summed E-state index contributed by atoms with van der Waals surface area (Å²) in [6.07, 6.45) is 4.57.